The van der Waals surface area contributed by atoms with Crippen LogP contribution in [0.15, 0.2) is 5.38 Å². The average molecular weight is 210 g/mol. The van der Waals surface area contributed by atoms with Crippen molar-refractivity contribution >= 4 is 17.1 Å². The van der Waals surface area contributed by atoms with E-state index in [2.05, 4.69) is 10.3 Å². The molecular weight excluding hydrogens is 196 g/mol. The molecule has 2 rings (SSSR count). The molecule has 0 aliphatic carbocycles. The normalized spacial score (nSPS) is 22.2. The Morgan fingerprint density at radius 3 is 3.14 bits per heavy atom. The number of nitrogens with zero attached hydrogens (tertiary/aromatic N) is 1. The number of Topliss-reactive ketones (excluding diaryl/α,β-unsaturated/α-hetero) is 1. The molecule has 3 nitrogen and oxygen atoms in total. The molecule has 4 heteroatoms. The molecular formula is C10H14N2OS. The Kier molecular flexibility index (Phi) is 2.93. The van der Waals surface area contributed by atoms with Gasteiger partial charge in [0.15, 0.2) is 5.78 Å². The number of carbonyl (C=O) groups excluding carboxylic acids is 1. The molecule has 1 atom stereocenters. The summed E-state index contributed by atoms with van der Waals surface area (Å²) in [5.74, 6) is 0.582. The van der Waals surface area contributed by atoms with Gasteiger partial charge < -0.3 is 5.32 Å². The Hall–Kier alpha value is -0.740. The first-order chi connectivity index (χ1) is 6.77. The van der Waals surface area contributed by atoms with Gasteiger partial charge in [-0.2, -0.15) is 0 Å². The fourth-order valence-corrected chi connectivity index (χ4v) is 2.70. The van der Waals surface area contributed by atoms with Crippen molar-refractivity contribution in [2.24, 2.45) is 0 Å². The molecule has 1 aliphatic rings. The number of piperidine rings is 1. The summed E-state index contributed by atoms with van der Waals surface area (Å²) in [4.78, 5) is 15.4. The lowest BCUT2D eigenvalue weighted by molar-refractivity contribution is 0.101. The summed E-state index contributed by atoms with van der Waals surface area (Å²) in [7, 11) is 0. The number of hydrogen-bond acceptors (Lipinski definition) is 4. The second kappa shape index (κ2) is 4.19. The van der Waals surface area contributed by atoms with E-state index in [1.54, 1.807) is 18.3 Å². The van der Waals surface area contributed by atoms with Gasteiger partial charge in [-0.05, 0) is 19.4 Å². The van der Waals surface area contributed by atoms with Crippen LogP contribution >= 0.6 is 11.3 Å². The van der Waals surface area contributed by atoms with Crippen LogP contribution < -0.4 is 5.32 Å². The smallest absolute Gasteiger partial charge is 0.178 e. The molecule has 0 radical (unpaired) electrons. The summed E-state index contributed by atoms with van der Waals surface area (Å²) in [5, 5.41) is 6.33. The first kappa shape index (κ1) is 9.80. The summed E-state index contributed by atoms with van der Waals surface area (Å²) >= 11 is 1.61. The molecule has 0 bridgehead atoms. The Bertz CT molecular complexity index is 329. The van der Waals surface area contributed by atoms with Crippen LogP contribution in [0, 0.1) is 0 Å². The zero-order valence-corrected chi connectivity index (χ0v) is 9.06. The third-order valence-corrected chi connectivity index (χ3v) is 3.54. The maximum absolute atomic E-state index is 11.1. The molecule has 2 heterocycles. The van der Waals surface area contributed by atoms with E-state index in [9.17, 15) is 4.79 Å². The third-order valence-electron chi connectivity index (χ3n) is 2.53. The van der Waals surface area contributed by atoms with E-state index in [-0.39, 0.29) is 5.78 Å². The van der Waals surface area contributed by atoms with E-state index in [1.807, 2.05) is 5.38 Å². The predicted octanol–water partition coefficient (Wildman–Crippen LogP) is 1.81. The van der Waals surface area contributed by atoms with E-state index in [0.717, 1.165) is 18.1 Å². The summed E-state index contributed by atoms with van der Waals surface area (Å²) in [6.07, 6.45) is 2.40. The summed E-state index contributed by atoms with van der Waals surface area (Å²) in [6, 6.07) is 0. The van der Waals surface area contributed by atoms with Gasteiger partial charge in [-0.1, -0.05) is 0 Å². The van der Waals surface area contributed by atoms with Gasteiger partial charge in [-0.15, -0.1) is 11.3 Å². The molecule has 1 unspecified atom stereocenters. The van der Waals surface area contributed by atoms with Gasteiger partial charge in [0.2, 0.25) is 0 Å². The SMILES string of the molecule is CC(=O)c1csc(C2CCCNC2)n1. The molecule has 1 aromatic heterocycles. The largest absolute Gasteiger partial charge is 0.316 e. The summed E-state index contributed by atoms with van der Waals surface area (Å²) in [5.41, 5.74) is 0.621. The molecule has 1 fully saturated rings. The van der Waals surface area contributed by atoms with E-state index >= 15 is 0 Å². The molecule has 1 saturated heterocycles. The molecule has 0 aromatic carbocycles. The van der Waals surface area contributed by atoms with Crippen LogP contribution in [-0.4, -0.2) is 23.9 Å². The molecule has 1 aliphatic heterocycles. The zero-order valence-electron chi connectivity index (χ0n) is 8.25. The Balaban J connectivity index is 2.11. The molecule has 1 aromatic rings. The van der Waals surface area contributed by atoms with Crippen LogP contribution in [0.2, 0.25) is 0 Å². The minimum Gasteiger partial charge on any atom is -0.316 e. The second-order valence-electron chi connectivity index (χ2n) is 3.67. The highest BCUT2D eigenvalue weighted by molar-refractivity contribution is 7.09. The molecule has 14 heavy (non-hydrogen) atoms. The van der Waals surface area contributed by atoms with Crippen LogP contribution in [-0.2, 0) is 0 Å². The predicted molar refractivity (Wildman–Crippen MR) is 57.0 cm³/mol. The Labute approximate surface area is 87.6 Å². The molecule has 0 saturated carbocycles. The van der Waals surface area contributed by atoms with Crippen LogP contribution in [0.3, 0.4) is 0 Å². The number of ketones is 1. The lowest BCUT2D eigenvalue weighted by Crippen LogP contribution is -2.28. The van der Waals surface area contributed by atoms with Crippen molar-refractivity contribution in [1.29, 1.82) is 0 Å². The quantitative estimate of drug-likeness (QED) is 0.757. The van der Waals surface area contributed by atoms with E-state index in [4.69, 9.17) is 0 Å². The fraction of sp³-hybridized carbons (Fsp3) is 0.600. The van der Waals surface area contributed by atoms with Gasteiger partial charge in [0.05, 0.1) is 5.01 Å². The molecule has 1 N–H and O–H groups in total. The lowest BCUT2D eigenvalue weighted by atomic mass is 10.0. The van der Waals surface area contributed by atoms with Crippen LogP contribution in [0.25, 0.3) is 0 Å². The minimum atomic E-state index is 0.0660. The molecule has 0 amide bonds. The van der Waals surface area contributed by atoms with Crippen LogP contribution in [0.4, 0.5) is 0 Å². The average Bonchev–Trinajstić information content (AvgIpc) is 2.68. The highest BCUT2D eigenvalue weighted by Crippen LogP contribution is 2.26. The molecule has 76 valence electrons. The van der Waals surface area contributed by atoms with Gasteiger partial charge in [-0.3, -0.25) is 4.79 Å². The van der Waals surface area contributed by atoms with Gasteiger partial charge in [-0.25, -0.2) is 4.98 Å². The van der Waals surface area contributed by atoms with E-state index < -0.39 is 0 Å². The first-order valence-corrected chi connectivity index (χ1v) is 5.82. The summed E-state index contributed by atoms with van der Waals surface area (Å²) < 4.78 is 0. The van der Waals surface area contributed by atoms with Gasteiger partial charge >= 0.3 is 0 Å². The highest BCUT2D eigenvalue weighted by Gasteiger charge is 2.18. The van der Waals surface area contributed by atoms with Gasteiger partial charge in [0.1, 0.15) is 5.69 Å². The van der Waals surface area contributed by atoms with Crippen LogP contribution in [0.5, 0.6) is 0 Å². The van der Waals surface area contributed by atoms with Crippen molar-refractivity contribution in [3.05, 3.63) is 16.1 Å². The monoisotopic (exact) mass is 210 g/mol. The zero-order chi connectivity index (χ0) is 9.97. The Morgan fingerprint density at radius 2 is 2.57 bits per heavy atom. The number of hydrogen-bond donors (Lipinski definition) is 1. The number of nitrogens with one attached hydrogen (secondary N) is 1. The Morgan fingerprint density at radius 1 is 1.71 bits per heavy atom. The number of rotatable bonds is 2. The topological polar surface area (TPSA) is 42.0 Å². The van der Waals surface area contributed by atoms with Gasteiger partial charge in [0.25, 0.3) is 0 Å². The number of carbonyl (C=O) groups is 1. The van der Waals surface area contributed by atoms with Crippen molar-refractivity contribution in [3.8, 4) is 0 Å². The fourth-order valence-electron chi connectivity index (χ4n) is 1.70. The maximum atomic E-state index is 11.1. The summed E-state index contributed by atoms with van der Waals surface area (Å²) in [6.45, 7) is 3.68. The second-order valence-corrected chi connectivity index (χ2v) is 4.56. The van der Waals surface area contributed by atoms with E-state index in [0.29, 0.717) is 11.6 Å². The van der Waals surface area contributed by atoms with Gasteiger partial charge in [0, 0.05) is 24.8 Å². The highest BCUT2D eigenvalue weighted by atomic mass is 32.1. The number of aromatic nitrogens is 1. The van der Waals surface area contributed by atoms with Crippen molar-refractivity contribution in [2.75, 3.05) is 13.1 Å². The number of thiazole rings is 1. The van der Waals surface area contributed by atoms with Crippen LogP contribution in [0.1, 0.15) is 41.2 Å². The van der Waals surface area contributed by atoms with Crippen molar-refractivity contribution in [2.45, 2.75) is 25.7 Å². The lowest BCUT2D eigenvalue weighted by Gasteiger charge is -2.20. The van der Waals surface area contributed by atoms with Crippen molar-refractivity contribution < 1.29 is 4.79 Å². The van der Waals surface area contributed by atoms with E-state index in [1.165, 1.54) is 12.8 Å². The van der Waals surface area contributed by atoms with Crippen molar-refractivity contribution in [3.63, 3.8) is 0 Å². The minimum absolute atomic E-state index is 0.0660. The maximum Gasteiger partial charge on any atom is 0.178 e. The first-order valence-electron chi connectivity index (χ1n) is 4.94. The third kappa shape index (κ3) is 2.01. The van der Waals surface area contributed by atoms with Crippen molar-refractivity contribution in [1.82, 2.24) is 10.3 Å². The molecule has 0 spiro atoms. The standard InChI is InChI=1S/C10H14N2OS/c1-7(13)9-6-14-10(12-9)8-3-2-4-11-5-8/h6,8,11H,2-5H2,1H3.